The monoisotopic (exact) mass is 552 g/mol. The highest BCUT2D eigenvalue weighted by molar-refractivity contribution is 6.38. The molecule has 0 spiro atoms. The molecule has 0 unspecified atom stereocenters. The van der Waals surface area contributed by atoms with Crippen molar-refractivity contribution in [3.63, 3.8) is 0 Å². The van der Waals surface area contributed by atoms with Crippen LogP contribution in [0.4, 0.5) is 11.4 Å². The van der Waals surface area contributed by atoms with E-state index >= 15 is 0 Å². The second-order valence-corrected chi connectivity index (χ2v) is 8.18. The molecule has 11 heteroatoms. The summed E-state index contributed by atoms with van der Waals surface area (Å²) in [5.41, 5.74) is 7.43. The minimum absolute atomic E-state index is 0.160. The number of benzene rings is 3. The van der Waals surface area contributed by atoms with E-state index in [2.05, 4.69) is 14.8 Å². The lowest BCUT2D eigenvalue weighted by Crippen LogP contribution is -2.12. The van der Waals surface area contributed by atoms with Crippen molar-refractivity contribution in [1.29, 1.82) is 0 Å². The normalized spacial score (nSPS) is 9.94. The fraction of sp³-hybridized carbons (Fsp3) is 0.160. The van der Waals surface area contributed by atoms with Crippen molar-refractivity contribution in [3.8, 4) is 5.75 Å². The molecule has 3 aromatic carbocycles. The molecule has 0 saturated carbocycles. The Labute approximate surface area is 223 Å². The van der Waals surface area contributed by atoms with Crippen LogP contribution in [0.1, 0.15) is 38.0 Å². The van der Waals surface area contributed by atoms with Crippen LogP contribution in [0.3, 0.4) is 0 Å². The van der Waals surface area contributed by atoms with E-state index in [1.165, 1.54) is 44.6 Å². The van der Waals surface area contributed by atoms with Crippen molar-refractivity contribution >= 4 is 64.0 Å². The first-order valence-corrected chi connectivity index (χ1v) is 11.5. The molecule has 3 rings (SSSR count). The molecule has 0 aromatic heterocycles. The fourth-order valence-corrected chi connectivity index (χ4v) is 3.64. The van der Waals surface area contributed by atoms with Gasteiger partial charge in [0.2, 0.25) is 0 Å². The molecule has 0 aliphatic carbocycles. The summed E-state index contributed by atoms with van der Waals surface area (Å²) in [6.45, 7) is 2.20. The molecule has 0 bridgehead atoms. The largest absolute Gasteiger partial charge is 0.491 e. The lowest BCUT2D eigenvalue weighted by Gasteiger charge is -2.11. The van der Waals surface area contributed by atoms with Gasteiger partial charge in [-0.1, -0.05) is 34.8 Å². The summed E-state index contributed by atoms with van der Waals surface area (Å²) in [4.78, 5) is 34.7. The van der Waals surface area contributed by atoms with E-state index in [9.17, 15) is 14.4 Å². The number of methoxy groups -OCH3 is 2. The van der Waals surface area contributed by atoms with Crippen LogP contribution < -0.4 is 15.8 Å². The Hall–Kier alpha value is -3.46. The first-order valence-electron chi connectivity index (χ1n) is 10.4. The maximum absolute atomic E-state index is 12.4. The average Bonchev–Trinajstić information content (AvgIpc) is 2.86. The number of carbonyl (C=O) groups is 3. The van der Waals surface area contributed by atoms with Crippen molar-refractivity contribution in [3.05, 3.63) is 86.4 Å². The van der Waals surface area contributed by atoms with Crippen LogP contribution in [0, 0.1) is 0 Å². The quantitative estimate of drug-likeness (QED) is 0.278. The highest BCUT2D eigenvalue weighted by atomic mass is 35.5. The maximum Gasteiger partial charge on any atom is 0.339 e. The zero-order valence-corrected chi connectivity index (χ0v) is 21.8. The van der Waals surface area contributed by atoms with Crippen LogP contribution in [-0.4, -0.2) is 38.7 Å². The summed E-state index contributed by atoms with van der Waals surface area (Å²) in [5.74, 6) is -1.01. The number of halogens is 3. The highest BCUT2D eigenvalue weighted by Gasteiger charge is 2.16. The molecule has 0 saturated heterocycles. The third-order valence-corrected chi connectivity index (χ3v) is 5.39. The van der Waals surface area contributed by atoms with Gasteiger partial charge in [0, 0.05) is 16.9 Å². The molecule has 0 aliphatic heterocycles. The van der Waals surface area contributed by atoms with Crippen LogP contribution in [0.25, 0.3) is 0 Å². The number of esters is 2. The molecule has 0 radical (unpaired) electrons. The van der Waals surface area contributed by atoms with Gasteiger partial charge in [0.05, 0.1) is 47.0 Å². The van der Waals surface area contributed by atoms with E-state index in [0.717, 1.165) is 0 Å². The third kappa shape index (κ3) is 7.78. The number of nitrogens with one attached hydrogen (secondary N) is 1. The Bertz CT molecular complexity index is 1230. The predicted octanol–water partition coefficient (Wildman–Crippen LogP) is 6.14. The van der Waals surface area contributed by atoms with Crippen molar-refractivity contribution in [2.45, 2.75) is 6.92 Å². The van der Waals surface area contributed by atoms with Gasteiger partial charge in [-0.15, -0.1) is 0 Å². The Morgan fingerprint density at radius 1 is 0.806 bits per heavy atom. The van der Waals surface area contributed by atoms with Crippen molar-refractivity contribution < 1.29 is 28.6 Å². The molecule has 0 atom stereocenters. The summed E-state index contributed by atoms with van der Waals surface area (Å²) in [7, 11) is 2.60. The van der Waals surface area contributed by atoms with Gasteiger partial charge < -0.3 is 25.3 Å². The summed E-state index contributed by atoms with van der Waals surface area (Å²) in [6, 6.07) is 13.9. The van der Waals surface area contributed by atoms with E-state index in [1.54, 1.807) is 31.2 Å². The van der Waals surface area contributed by atoms with Gasteiger partial charge in [0.1, 0.15) is 0 Å². The third-order valence-electron chi connectivity index (χ3n) is 4.51. The number of hydrogen-bond acceptors (Lipinski definition) is 7. The van der Waals surface area contributed by atoms with Crippen LogP contribution >= 0.6 is 34.8 Å². The molecule has 0 aliphatic rings. The van der Waals surface area contributed by atoms with E-state index in [1.807, 2.05) is 0 Å². The van der Waals surface area contributed by atoms with Gasteiger partial charge in [0.25, 0.3) is 5.91 Å². The average molecular weight is 554 g/mol. The molecule has 36 heavy (non-hydrogen) atoms. The molecular formula is C25H23Cl3N2O6. The molecule has 3 N–H and O–H groups in total. The van der Waals surface area contributed by atoms with Crippen molar-refractivity contribution in [1.82, 2.24) is 0 Å². The summed E-state index contributed by atoms with van der Waals surface area (Å²) >= 11 is 18.2. The van der Waals surface area contributed by atoms with E-state index in [-0.39, 0.29) is 32.2 Å². The molecule has 0 heterocycles. The maximum atomic E-state index is 12.4. The van der Waals surface area contributed by atoms with E-state index < -0.39 is 11.9 Å². The van der Waals surface area contributed by atoms with Gasteiger partial charge in [-0.05, 0) is 61.5 Å². The van der Waals surface area contributed by atoms with Gasteiger partial charge in [-0.3, -0.25) is 4.79 Å². The second-order valence-electron chi connectivity index (χ2n) is 6.96. The molecule has 3 aromatic rings. The van der Waals surface area contributed by atoms with Crippen LogP contribution in [0.15, 0.2) is 54.6 Å². The lowest BCUT2D eigenvalue weighted by molar-refractivity contribution is 0.0592. The predicted molar refractivity (Wildman–Crippen MR) is 141 cm³/mol. The molecule has 0 fully saturated rings. The van der Waals surface area contributed by atoms with Gasteiger partial charge in [-0.2, -0.15) is 0 Å². The minimum Gasteiger partial charge on any atom is -0.491 e. The standard InChI is InChI=1S/C17H14Cl3NO4.C8H9NO2/c1-3-25-15-13(19)6-9(7-14(15)20)16(22)21-10-4-5-11(12(18)8-10)17(23)24-2;1-11-8(10)6-2-4-7(9)5-3-6/h4-8H,3H2,1-2H3,(H,21,22);2-5H,9H2,1H3. The summed E-state index contributed by atoms with van der Waals surface area (Å²) < 4.78 is 14.4. The number of anilines is 2. The fourth-order valence-electron chi connectivity index (χ4n) is 2.78. The zero-order valence-electron chi connectivity index (χ0n) is 19.6. The number of hydrogen-bond donors (Lipinski definition) is 2. The number of nitrogens with two attached hydrogens (primary N) is 1. The topological polar surface area (TPSA) is 117 Å². The molecule has 1 amide bonds. The van der Waals surface area contributed by atoms with E-state index in [4.69, 9.17) is 45.3 Å². The van der Waals surface area contributed by atoms with Gasteiger partial charge >= 0.3 is 11.9 Å². The highest BCUT2D eigenvalue weighted by Crippen LogP contribution is 2.34. The van der Waals surface area contributed by atoms with Crippen molar-refractivity contribution in [2.24, 2.45) is 0 Å². The van der Waals surface area contributed by atoms with Gasteiger partial charge in [-0.25, -0.2) is 9.59 Å². The lowest BCUT2D eigenvalue weighted by atomic mass is 10.1. The Balaban J connectivity index is 0.000000346. The Morgan fingerprint density at radius 2 is 1.39 bits per heavy atom. The molecule has 8 nitrogen and oxygen atoms in total. The number of amides is 1. The smallest absolute Gasteiger partial charge is 0.339 e. The van der Waals surface area contributed by atoms with E-state index in [0.29, 0.717) is 29.3 Å². The zero-order chi connectivity index (χ0) is 26.8. The van der Waals surface area contributed by atoms with Gasteiger partial charge in [0.15, 0.2) is 5.75 Å². The molecular weight excluding hydrogens is 531 g/mol. The van der Waals surface area contributed by atoms with Crippen LogP contribution in [-0.2, 0) is 9.47 Å². The van der Waals surface area contributed by atoms with Crippen LogP contribution in [0.5, 0.6) is 5.75 Å². The SMILES string of the molecule is CCOc1c(Cl)cc(C(=O)Nc2ccc(C(=O)OC)c(Cl)c2)cc1Cl.COC(=O)c1ccc(N)cc1. The number of carbonyl (C=O) groups excluding carboxylic acids is 3. The first kappa shape index (κ1) is 28.8. The summed E-state index contributed by atoms with van der Waals surface area (Å²) in [6.07, 6.45) is 0. The number of nitrogen functional groups attached to an aromatic ring is 1. The summed E-state index contributed by atoms with van der Waals surface area (Å²) in [5, 5.41) is 3.28. The minimum atomic E-state index is -0.562. The van der Waals surface area contributed by atoms with Crippen LogP contribution in [0.2, 0.25) is 15.1 Å². The molecule has 190 valence electrons. The van der Waals surface area contributed by atoms with Crippen molar-refractivity contribution in [2.75, 3.05) is 31.9 Å². The second kappa shape index (κ2) is 13.6. The first-order chi connectivity index (χ1) is 17.1. The Morgan fingerprint density at radius 3 is 1.89 bits per heavy atom. The number of ether oxygens (including phenoxy) is 3. The number of rotatable bonds is 6. The Kier molecular flexibility index (Phi) is 10.9.